The molecular formula is C13H15N3O2S3. The lowest BCUT2D eigenvalue weighted by Gasteiger charge is -2.07. The molecule has 0 aliphatic heterocycles. The van der Waals surface area contributed by atoms with Crippen molar-refractivity contribution in [1.29, 1.82) is 0 Å². The molecule has 21 heavy (non-hydrogen) atoms. The molecule has 112 valence electrons. The first-order valence-corrected chi connectivity index (χ1v) is 9.07. The van der Waals surface area contributed by atoms with Gasteiger partial charge in [0, 0.05) is 16.6 Å². The van der Waals surface area contributed by atoms with Gasteiger partial charge >= 0.3 is 0 Å². The van der Waals surface area contributed by atoms with Crippen LogP contribution in [0.15, 0.2) is 29.6 Å². The van der Waals surface area contributed by atoms with E-state index in [4.69, 9.17) is 18.0 Å². The summed E-state index contributed by atoms with van der Waals surface area (Å²) in [6.07, 6.45) is 0. The highest BCUT2D eigenvalue weighted by Crippen LogP contribution is 2.11. The molecule has 0 saturated carbocycles. The molecular weight excluding hydrogens is 326 g/mol. The van der Waals surface area contributed by atoms with Crippen molar-refractivity contribution >= 4 is 38.6 Å². The number of thiazole rings is 1. The molecule has 1 heterocycles. The Balaban J connectivity index is 2.03. The van der Waals surface area contributed by atoms with Crippen LogP contribution < -0.4 is 10.5 Å². The first-order valence-electron chi connectivity index (χ1n) is 6.13. The van der Waals surface area contributed by atoms with Gasteiger partial charge in [-0.05, 0) is 18.6 Å². The lowest BCUT2D eigenvalue weighted by atomic mass is 10.1. The maximum atomic E-state index is 12.1. The second kappa shape index (κ2) is 6.61. The molecule has 2 aromatic rings. The number of nitrogens with one attached hydrogen (secondary N) is 1. The van der Waals surface area contributed by atoms with E-state index < -0.39 is 10.0 Å². The van der Waals surface area contributed by atoms with Crippen molar-refractivity contribution in [2.75, 3.05) is 0 Å². The summed E-state index contributed by atoms with van der Waals surface area (Å²) in [7, 11) is -3.43. The molecule has 0 aliphatic rings. The van der Waals surface area contributed by atoms with Gasteiger partial charge in [0.1, 0.15) is 10.00 Å². The second-order valence-corrected chi connectivity index (χ2v) is 7.72. The molecule has 1 aromatic carbocycles. The van der Waals surface area contributed by atoms with E-state index in [1.807, 2.05) is 12.3 Å². The first-order chi connectivity index (χ1) is 9.85. The fourth-order valence-electron chi connectivity index (χ4n) is 1.74. The fourth-order valence-corrected chi connectivity index (χ4v) is 3.75. The maximum Gasteiger partial charge on any atom is 0.216 e. The van der Waals surface area contributed by atoms with Gasteiger partial charge in [-0.1, -0.05) is 30.4 Å². The summed E-state index contributed by atoms with van der Waals surface area (Å²) < 4.78 is 26.7. The van der Waals surface area contributed by atoms with Gasteiger partial charge in [-0.15, -0.1) is 11.3 Å². The Kier molecular flexibility index (Phi) is 5.04. The van der Waals surface area contributed by atoms with Gasteiger partial charge in [-0.25, -0.2) is 18.1 Å². The Labute approximate surface area is 133 Å². The number of aromatic nitrogens is 1. The Bertz CT molecular complexity index is 754. The highest BCUT2D eigenvalue weighted by Gasteiger charge is 2.13. The van der Waals surface area contributed by atoms with Gasteiger partial charge in [0.25, 0.3) is 0 Å². The number of nitrogens with zero attached hydrogens (tertiary/aromatic N) is 1. The third-order valence-electron chi connectivity index (χ3n) is 2.68. The molecule has 2 rings (SSSR count). The van der Waals surface area contributed by atoms with E-state index in [0.29, 0.717) is 11.1 Å². The van der Waals surface area contributed by atoms with Crippen LogP contribution in [-0.2, 0) is 22.3 Å². The van der Waals surface area contributed by atoms with Crippen molar-refractivity contribution in [1.82, 2.24) is 9.71 Å². The summed E-state index contributed by atoms with van der Waals surface area (Å²) in [5.41, 5.74) is 7.73. The van der Waals surface area contributed by atoms with Crippen LogP contribution in [0.2, 0.25) is 0 Å². The van der Waals surface area contributed by atoms with Crippen LogP contribution in [-0.4, -0.2) is 18.4 Å². The minimum absolute atomic E-state index is 0.117. The Morgan fingerprint density at radius 2 is 2.24 bits per heavy atom. The molecule has 0 unspecified atom stereocenters. The standard InChI is InChI=1S/C13H15N3O2S3/c1-9-7-20-12(16-9)6-15-21(17,18)8-10-3-2-4-11(5-10)13(14)19/h2-5,7,15H,6,8H2,1H3,(H2,14,19). The highest BCUT2D eigenvalue weighted by molar-refractivity contribution is 7.88. The van der Waals surface area contributed by atoms with Crippen LogP contribution in [0.25, 0.3) is 0 Å². The molecule has 0 spiro atoms. The van der Waals surface area contributed by atoms with Crippen molar-refractivity contribution < 1.29 is 8.42 Å². The minimum atomic E-state index is -3.43. The monoisotopic (exact) mass is 341 g/mol. The Morgan fingerprint density at radius 1 is 1.48 bits per heavy atom. The SMILES string of the molecule is Cc1csc(CNS(=O)(=O)Cc2cccc(C(N)=S)c2)n1. The summed E-state index contributed by atoms with van der Waals surface area (Å²) >= 11 is 6.32. The van der Waals surface area contributed by atoms with Crippen molar-refractivity contribution in [3.05, 3.63) is 51.5 Å². The number of hydrogen-bond donors (Lipinski definition) is 2. The van der Waals surface area contributed by atoms with E-state index in [0.717, 1.165) is 10.7 Å². The number of rotatable bonds is 6. The van der Waals surface area contributed by atoms with Gasteiger partial charge in [0.05, 0.1) is 12.3 Å². The molecule has 0 bridgehead atoms. The summed E-state index contributed by atoms with van der Waals surface area (Å²) in [5, 5.41) is 2.63. The van der Waals surface area contributed by atoms with Crippen LogP contribution in [0, 0.1) is 6.92 Å². The number of sulfonamides is 1. The second-order valence-electron chi connectivity index (χ2n) is 4.53. The predicted molar refractivity (Wildman–Crippen MR) is 88.6 cm³/mol. The molecule has 0 saturated heterocycles. The van der Waals surface area contributed by atoms with E-state index in [2.05, 4.69) is 9.71 Å². The third kappa shape index (κ3) is 4.85. The summed E-state index contributed by atoms with van der Waals surface area (Å²) in [6.45, 7) is 2.07. The van der Waals surface area contributed by atoms with Gasteiger partial charge in [0.2, 0.25) is 10.0 Å². The van der Waals surface area contributed by atoms with Gasteiger partial charge in [0.15, 0.2) is 0 Å². The zero-order chi connectivity index (χ0) is 15.5. The Morgan fingerprint density at radius 3 is 2.86 bits per heavy atom. The van der Waals surface area contributed by atoms with Crippen molar-refractivity contribution in [2.24, 2.45) is 5.73 Å². The predicted octanol–water partition coefficient (Wildman–Crippen LogP) is 1.71. The average Bonchev–Trinajstić information content (AvgIpc) is 2.82. The summed E-state index contributed by atoms with van der Waals surface area (Å²) in [6, 6.07) is 6.91. The molecule has 0 atom stereocenters. The highest BCUT2D eigenvalue weighted by atomic mass is 32.2. The fraction of sp³-hybridized carbons (Fsp3) is 0.231. The van der Waals surface area contributed by atoms with E-state index in [1.165, 1.54) is 11.3 Å². The van der Waals surface area contributed by atoms with Crippen LogP contribution >= 0.6 is 23.6 Å². The quantitative estimate of drug-likeness (QED) is 0.781. The smallest absolute Gasteiger partial charge is 0.216 e. The largest absolute Gasteiger partial charge is 0.389 e. The average molecular weight is 341 g/mol. The van der Waals surface area contributed by atoms with Crippen LogP contribution in [0.4, 0.5) is 0 Å². The molecule has 5 nitrogen and oxygen atoms in total. The topological polar surface area (TPSA) is 85.1 Å². The van der Waals surface area contributed by atoms with E-state index >= 15 is 0 Å². The first kappa shape index (κ1) is 16.0. The van der Waals surface area contributed by atoms with Crippen molar-refractivity contribution in [2.45, 2.75) is 19.2 Å². The van der Waals surface area contributed by atoms with Crippen LogP contribution in [0.5, 0.6) is 0 Å². The van der Waals surface area contributed by atoms with Gasteiger partial charge < -0.3 is 5.73 Å². The molecule has 1 aromatic heterocycles. The van der Waals surface area contributed by atoms with Gasteiger partial charge in [-0.2, -0.15) is 0 Å². The van der Waals surface area contributed by atoms with Crippen molar-refractivity contribution in [3.63, 3.8) is 0 Å². The molecule has 0 fully saturated rings. The zero-order valence-corrected chi connectivity index (χ0v) is 13.8. The minimum Gasteiger partial charge on any atom is -0.389 e. The molecule has 0 aliphatic carbocycles. The number of thiocarbonyl (C=S) groups is 1. The normalized spacial score (nSPS) is 11.5. The van der Waals surface area contributed by atoms with Crippen LogP contribution in [0.3, 0.4) is 0 Å². The lowest BCUT2D eigenvalue weighted by molar-refractivity contribution is 0.580. The van der Waals surface area contributed by atoms with Gasteiger partial charge in [-0.3, -0.25) is 0 Å². The third-order valence-corrected chi connectivity index (χ3v) is 5.18. The van der Waals surface area contributed by atoms with Crippen LogP contribution in [0.1, 0.15) is 21.8 Å². The number of aryl methyl sites for hydroxylation is 1. The molecule has 3 N–H and O–H groups in total. The van der Waals surface area contributed by atoms with E-state index in [9.17, 15) is 8.42 Å². The maximum absolute atomic E-state index is 12.1. The molecule has 0 amide bonds. The Hall–Kier alpha value is -1.35. The molecule has 0 radical (unpaired) electrons. The lowest BCUT2D eigenvalue weighted by Crippen LogP contribution is -2.24. The summed E-state index contributed by atoms with van der Waals surface area (Å²) in [5.74, 6) is -0.117. The van der Waals surface area contributed by atoms with Crippen molar-refractivity contribution in [3.8, 4) is 0 Å². The number of hydrogen-bond acceptors (Lipinski definition) is 5. The zero-order valence-electron chi connectivity index (χ0n) is 11.4. The van der Waals surface area contributed by atoms with E-state index in [-0.39, 0.29) is 17.3 Å². The number of benzene rings is 1. The number of nitrogens with two attached hydrogens (primary N) is 1. The summed E-state index contributed by atoms with van der Waals surface area (Å²) in [4.78, 5) is 4.47. The molecule has 8 heteroatoms. The van der Waals surface area contributed by atoms with E-state index in [1.54, 1.807) is 24.3 Å².